The Morgan fingerprint density at radius 2 is 1.08 bits per heavy atom. The SMILES string of the molecule is CC(C)(C)Cc1ccc2c3ccc(CC(C)(C)C)cc3n(N)c2c1. The highest BCUT2D eigenvalue weighted by atomic mass is 15.3. The summed E-state index contributed by atoms with van der Waals surface area (Å²) in [5, 5.41) is 2.49. The van der Waals surface area contributed by atoms with Crippen molar-refractivity contribution in [3.05, 3.63) is 47.5 Å². The standard InChI is InChI=1S/C22H30N2/c1-21(2,3)13-15-7-9-17-18-10-8-16(14-22(4,5)6)12-20(18)24(23)19(17)11-15/h7-12H,13-14,23H2,1-6H3. The van der Waals surface area contributed by atoms with E-state index in [0.717, 1.165) is 23.9 Å². The Hall–Kier alpha value is -1.96. The zero-order valence-corrected chi connectivity index (χ0v) is 15.9. The highest BCUT2D eigenvalue weighted by Gasteiger charge is 2.16. The Balaban J connectivity index is 2.12. The first kappa shape index (κ1) is 16.9. The fourth-order valence-corrected chi connectivity index (χ4v) is 3.58. The third-order valence-corrected chi connectivity index (χ3v) is 4.40. The molecule has 3 rings (SSSR count). The van der Waals surface area contributed by atoms with Crippen LogP contribution in [0.4, 0.5) is 0 Å². The molecule has 0 radical (unpaired) electrons. The summed E-state index contributed by atoms with van der Waals surface area (Å²) in [5.41, 5.74) is 5.50. The summed E-state index contributed by atoms with van der Waals surface area (Å²) in [6.07, 6.45) is 2.11. The number of nitrogens with two attached hydrogens (primary N) is 1. The van der Waals surface area contributed by atoms with E-state index in [-0.39, 0.29) is 10.8 Å². The molecule has 0 aliphatic rings. The second-order valence-electron chi connectivity index (χ2n) is 9.55. The molecule has 0 saturated carbocycles. The molecular formula is C22H30N2. The summed E-state index contributed by atoms with van der Waals surface area (Å²) < 4.78 is 1.86. The molecule has 0 saturated heterocycles. The van der Waals surface area contributed by atoms with Crippen molar-refractivity contribution in [2.75, 3.05) is 5.84 Å². The van der Waals surface area contributed by atoms with E-state index < -0.39 is 0 Å². The Labute approximate surface area is 145 Å². The van der Waals surface area contributed by atoms with E-state index in [2.05, 4.69) is 77.9 Å². The van der Waals surface area contributed by atoms with Crippen LogP contribution in [-0.2, 0) is 12.8 Å². The average molecular weight is 322 g/mol. The molecule has 0 spiro atoms. The molecule has 24 heavy (non-hydrogen) atoms. The van der Waals surface area contributed by atoms with E-state index in [1.807, 2.05) is 4.68 Å². The lowest BCUT2D eigenvalue weighted by Crippen LogP contribution is -2.11. The van der Waals surface area contributed by atoms with Gasteiger partial charge in [0.2, 0.25) is 0 Å². The minimum Gasteiger partial charge on any atom is -0.339 e. The molecule has 0 atom stereocenters. The molecule has 128 valence electrons. The van der Waals surface area contributed by atoms with Crippen LogP contribution in [0.1, 0.15) is 52.7 Å². The number of nitrogen functional groups attached to an aromatic ring is 1. The minimum absolute atomic E-state index is 0.277. The highest BCUT2D eigenvalue weighted by Crippen LogP contribution is 2.32. The lowest BCUT2D eigenvalue weighted by molar-refractivity contribution is 0.411. The first-order valence-electron chi connectivity index (χ1n) is 8.85. The molecule has 0 aliphatic heterocycles. The molecule has 0 aliphatic carbocycles. The lowest BCUT2D eigenvalue weighted by atomic mass is 9.87. The number of hydrogen-bond acceptors (Lipinski definition) is 1. The van der Waals surface area contributed by atoms with E-state index in [9.17, 15) is 0 Å². The van der Waals surface area contributed by atoms with Gasteiger partial charge in [-0.05, 0) is 46.9 Å². The third kappa shape index (κ3) is 3.43. The van der Waals surface area contributed by atoms with E-state index in [1.165, 1.54) is 21.9 Å². The summed E-state index contributed by atoms with van der Waals surface area (Å²) in [4.78, 5) is 0. The molecule has 1 heterocycles. The van der Waals surface area contributed by atoms with Gasteiger partial charge in [-0.15, -0.1) is 0 Å². The highest BCUT2D eigenvalue weighted by molar-refractivity contribution is 6.08. The molecular weight excluding hydrogens is 292 g/mol. The van der Waals surface area contributed by atoms with Crippen LogP contribution in [0.25, 0.3) is 21.8 Å². The number of hydrogen-bond donors (Lipinski definition) is 1. The fourth-order valence-electron chi connectivity index (χ4n) is 3.58. The Bertz CT molecular complexity index is 813. The van der Waals surface area contributed by atoms with Gasteiger partial charge in [-0.2, -0.15) is 0 Å². The van der Waals surface area contributed by atoms with Crippen molar-refractivity contribution in [3.63, 3.8) is 0 Å². The molecule has 0 bridgehead atoms. The smallest absolute Gasteiger partial charge is 0.0706 e. The number of rotatable bonds is 2. The van der Waals surface area contributed by atoms with Gasteiger partial charge < -0.3 is 5.84 Å². The molecule has 2 nitrogen and oxygen atoms in total. The number of benzene rings is 2. The normalized spacial score (nSPS) is 13.1. The molecule has 0 fully saturated rings. The van der Waals surface area contributed by atoms with Gasteiger partial charge in [-0.1, -0.05) is 65.8 Å². The molecule has 2 aromatic carbocycles. The predicted octanol–water partition coefficient (Wildman–Crippen LogP) is 5.69. The van der Waals surface area contributed by atoms with Crippen molar-refractivity contribution in [3.8, 4) is 0 Å². The van der Waals surface area contributed by atoms with Gasteiger partial charge in [0, 0.05) is 10.8 Å². The van der Waals surface area contributed by atoms with Crippen molar-refractivity contribution in [1.82, 2.24) is 4.68 Å². The molecule has 3 aromatic rings. The first-order chi connectivity index (χ1) is 11.0. The van der Waals surface area contributed by atoms with Crippen LogP contribution in [0.2, 0.25) is 0 Å². The van der Waals surface area contributed by atoms with Crippen LogP contribution in [0.15, 0.2) is 36.4 Å². The van der Waals surface area contributed by atoms with Gasteiger partial charge in [0.05, 0.1) is 11.0 Å². The van der Waals surface area contributed by atoms with Crippen molar-refractivity contribution >= 4 is 21.8 Å². The summed E-state index contributed by atoms with van der Waals surface area (Å²) in [6, 6.07) is 13.5. The van der Waals surface area contributed by atoms with Crippen molar-refractivity contribution in [1.29, 1.82) is 0 Å². The maximum Gasteiger partial charge on any atom is 0.0706 e. The van der Waals surface area contributed by atoms with Crippen LogP contribution in [0.3, 0.4) is 0 Å². The van der Waals surface area contributed by atoms with Crippen LogP contribution < -0.4 is 5.84 Å². The molecule has 1 aromatic heterocycles. The summed E-state index contributed by atoms with van der Waals surface area (Å²) >= 11 is 0. The second-order valence-corrected chi connectivity index (χ2v) is 9.55. The Morgan fingerprint density at radius 3 is 1.42 bits per heavy atom. The third-order valence-electron chi connectivity index (χ3n) is 4.40. The first-order valence-corrected chi connectivity index (χ1v) is 8.85. The minimum atomic E-state index is 0.277. The van der Waals surface area contributed by atoms with Crippen LogP contribution in [-0.4, -0.2) is 4.68 Å². The molecule has 2 N–H and O–H groups in total. The lowest BCUT2D eigenvalue weighted by Gasteiger charge is -2.18. The van der Waals surface area contributed by atoms with Crippen LogP contribution >= 0.6 is 0 Å². The topological polar surface area (TPSA) is 30.9 Å². The monoisotopic (exact) mass is 322 g/mol. The van der Waals surface area contributed by atoms with Crippen molar-refractivity contribution < 1.29 is 0 Å². The summed E-state index contributed by atoms with van der Waals surface area (Å²) in [6.45, 7) is 13.6. The molecule has 0 amide bonds. The largest absolute Gasteiger partial charge is 0.339 e. The van der Waals surface area contributed by atoms with Crippen LogP contribution in [0.5, 0.6) is 0 Å². The van der Waals surface area contributed by atoms with Crippen molar-refractivity contribution in [2.24, 2.45) is 10.8 Å². The van der Waals surface area contributed by atoms with Crippen LogP contribution in [0, 0.1) is 10.8 Å². The van der Waals surface area contributed by atoms with Gasteiger partial charge in [0.15, 0.2) is 0 Å². The van der Waals surface area contributed by atoms with Gasteiger partial charge in [-0.3, -0.25) is 4.68 Å². The maximum absolute atomic E-state index is 6.46. The maximum atomic E-state index is 6.46. The van der Waals surface area contributed by atoms with Gasteiger partial charge in [-0.25, -0.2) is 0 Å². The van der Waals surface area contributed by atoms with Gasteiger partial charge in [0.1, 0.15) is 0 Å². The van der Waals surface area contributed by atoms with E-state index in [0.29, 0.717) is 0 Å². The zero-order chi connectivity index (χ0) is 17.7. The molecule has 2 heteroatoms. The fraction of sp³-hybridized carbons (Fsp3) is 0.455. The molecule has 0 unspecified atom stereocenters. The predicted molar refractivity (Wildman–Crippen MR) is 106 cm³/mol. The van der Waals surface area contributed by atoms with Gasteiger partial charge in [0.25, 0.3) is 0 Å². The zero-order valence-electron chi connectivity index (χ0n) is 15.9. The number of nitrogens with zero attached hydrogens (tertiary/aromatic N) is 1. The average Bonchev–Trinajstić information content (AvgIpc) is 2.68. The van der Waals surface area contributed by atoms with E-state index in [1.54, 1.807) is 0 Å². The Morgan fingerprint density at radius 1 is 0.708 bits per heavy atom. The summed E-state index contributed by atoms with van der Waals surface area (Å²) in [7, 11) is 0. The summed E-state index contributed by atoms with van der Waals surface area (Å²) in [5.74, 6) is 6.46. The van der Waals surface area contributed by atoms with E-state index >= 15 is 0 Å². The van der Waals surface area contributed by atoms with Gasteiger partial charge >= 0.3 is 0 Å². The van der Waals surface area contributed by atoms with E-state index in [4.69, 9.17) is 5.84 Å². The quantitative estimate of drug-likeness (QED) is 0.604. The Kier molecular flexibility index (Phi) is 3.90. The second kappa shape index (κ2) is 5.54. The number of fused-ring (bicyclic) bond motifs is 3. The van der Waals surface area contributed by atoms with Crippen molar-refractivity contribution in [2.45, 2.75) is 54.4 Å². The number of aromatic nitrogens is 1.